The molecule has 0 saturated carbocycles. The molecular formula is C11H22O2Si. The first-order valence-electron chi connectivity index (χ1n) is 6.04. The molecule has 2 heterocycles. The third-order valence-corrected chi connectivity index (χ3v) is 4.72. The number of ether oxygens (including phenoxy) is 2. The van der Waals surface area contributed by atoms with Crippen LogP contribution in [0, 0.1) is 0 Å². The first kappa shape index (κ1) is 10.6. The Kier molecular flexibility index (Phi) is 3.63. The summed E-state index contributed by atoms with van der Waals surface area (Å²) in [5, 5.41) is 0.336. The molecule has 0 aliphatic carbocycles. The molecule has 0 amide bonds. The van der Waals surface area contributed by atoms with Crippen molar-refractivity contribution >= 4 is 10.2 Å². The SMILES string of the molecule is [SiH3]C1(CCCCC2CO2)CCCCO1. The Labute approximate surface area is 89.8 Å². The van der Waals surface area contributed by atoms with Gasteiger partial charge in [-0.3, -0.25) is 0 Å². The number of hydrogen-bond acceptors (Lipinski definition) is 2. The molecule has 0 spiro atoms. The minimum Gasteiger partial charge on any atom is -0.380 e. The van der Waals surface area contributed by atoms with Crippen LogP contribution >= 0.6 is 0 Å². The van der Waals surface area contributed by atoms with Crippen molar-refractivity contribution in [1.82, 2.24) is 0 Å². The van der Waals surface area contributed by atoms with Gasteiger partial charge in [-0.1, -0.05) is 12.8 Å². The fourth-order valence-electron chi connectivity index (χ4n) is 2.29. The summed E-state index contributed by atoms with van der Waals surface area (Å²) in [6, 6.07) is 0. The molecule has 2 rings (SSSR count). The summed E-state index contributed by atoms with van der Waals surface area (Å²) in [5.74, 6) is 0. The fraction of sp³-hybridized carbons (Fsp3) is 1.00. The Hall–Kier alpha value is 0.137. The van der Waals surface area contributed by atoms with Crippen LogP contribution in [0.5, 0.6) is 0 Å². The molecule has 14 heavy (non-hydrogen) atoms. The van der Waals surface area contributed by atoms with Gasteiger partial charge in [0.15, 0.2) is 0 Å². The lowest BCUT2D eigenvalue weighted by molar-refractivity contribution is -0.0240. The van der Waals surface area contributed by atoms with Gasteiger partial charge >= 0.3 is 0 Å². The van der Waals surface area contributed by atoms with Crippen molar-refractivity contribution in [1.29, 1.82) is 0 Å². The number of unbranched alkanes of at least 4 members (excludes halogenated alkanes) is 1. The topological polar surface area (TPSA) is 21.8 Å². The molecule has 2 atom stereocenters. The van der Waals surface area contributed by atoms with E-state index in [1.165, 1.54) is 55.2 Å². The molecule has 3 heteroatoms. The van der Waals surface area contributed by atoms with Crippen LogP contribution < -0.4 is 0 Å². The van der Waals surface area contributed by atoms with Gasteiger partial charge in [0.2, 0.25) is 0 Å². The Morgan fingerprint density at radius 1 is 1.29 bits per heavy atom. The average Bonchev–Trinajstić information content (AvgIpc) is 2.97. The molecule has 0 aromatic heterocycles. The zero-order valence-corrected chi connectivity index (χ0v) is 11.3. The van der Waals surface area contributed by atoms with Crippen LogP contribution in [-0.4, -0.2) is 34.8 Å². The number of rotatable bonds is 5. The predicted molar refractivity (Wildman–Crippen MR) is 60.7 cm³/mol. The smallest absolute Gasteiger partial charge is 0.0810 e. The van der Waals surface area contributed by atoms with Crippen LogP contribution in [0.2, 0.25) is 0 Å². The Morgan fingerprint density at radius 3 is 2.79 bits per heavy atom. The third kappa shape index (κ3) is 3.37. The van der Waals surface area contributed by atoms with Crippen LogP contribution in [0.1, 0.15) is 44.9 Å². The van der Waals surface area contributed by atoms with Crippen LogP contribution in [0.4, 0.5) is 0 Å². The van der Waals surface area contributed by atoms with Gasteiger partial charge in [-0.2, -0.15) is 0 Å². The normalized spacial score (nSPS) is 37.3. The molecule has 2 aliphatic rings. The van der Waals surface area contributed by atoms with Gasteiger partial charge in [0, 0.05) is 22.1 Å². The monoisotopic (exact) mass is 214 g/mol. The van der Waals surface area contributed by atoms with E-state index in [0.717, 1.165) is 13.2 Å². The standard InChI is InChI=1S/C11H22O2Si/c14-11(7-3-4-8-13-11)6-2-1-5-10-9-12-10/h10H,1-9H2,14H3. The molecule has 0 aromatic carbocycles. The summed E-state index contributed by atoms with van der Waals surface area (Å²) in [6.07, 6.45) is 9.84. The highest BCUT2D eigenvalue weighted by molar-refractivity contribution is 6.14. The van der Waals surface area contributed by atoms with E-state index in [1.54, 1.807) is 0 Å². The molecule has 2 aliphatic heterocycles. The van der Waals surface area contributed by atoms with Gasteiger partial charge < -0.3 is 9.47 Å². The first-order valence-corrected chi connectivity index (χ1v) is 7.04. The molecule has 2 saturated heterocycles. The fourth-order valence-corrected chi connectivity index (χ4v) is 3.21. The molecule has 2 nitrogen and oxygen atoms in total. The lowest BCUT2D eigenvalue weighted by Gasteiger charge is -2.34. The predicted octanol–water partition coefficient (Wildman–Crippen LogP) is 1.21. The average molecular weight is 214 g/mol. The number of hydrogen-bond donors (Lipinski definition) is 0. The molecule has 0 N–H and O–H groups in total. The minimum atomic E-state index is 0.336. The summed E-state index contributed by atoms with van der Waals surface area (Å²) in [6.45, 7) is 2.03. The zero-order valence-electron chi connectivity index (χ0n) is 9.26. The highest BCUT2D eigenvalue weighted by Crippen LogP contribution is 2.27. The summed E-state index contributed by atoms with van der Waals surface area (Å²) in [4.78, 5) is 0. The highest BCUT2D eigenvalue weighted by atomic mass is 28.1. The van der Waals surface area contributed by atoms with Crippen molar-refractivity contribution in [2.75, 3.05) is 13.2 Å². The van der Waals surface area contributed by atoms with Crippen molar-refractivity contribution in [2.45, 2.75) is 56.3 Å². The second-order valence-electron chi connectivity index (χ2n) is 4.96. The van der Waals surface area contributed by atoms with Crippen molar-refractivity contribution in [3.8, 4) is 0 Å². The van der Waals surface area contributed by atoms with Crippen molar-refractivity contribution in [3.63, 3.8) is 0 Å². The molecule has 0 aromatic rings. The van der Waals surface area contributed by atoms with E-state index in [4.69, 9.17) is 9.47 Å². The van der Waals surface area contributed by atoms with E-state index < -0.39 is 0 Å². The summed E-state index contributed by atoms with van der Waals surface area (Å²) >= 11 is 0. The van der Waals surface area contributed by atoms with Gasteiger partial charge in [-0.25, -0.2) is 0 Å². The van der Waals surface area contributed by atoms with Crippen LogP contribution in [0.3, 0.4) is 0 Å². The van der Waals surface area contributed by atoms with Crippen molar-refractivity contribution in [2.24, 2.45) is 0 Å². The molecule has 2 unspecified atom stereocenters. The third-order valence-electron chi connectivity index (χ3n) is 3.43. The Balaban J connectivity index is 1.57. The zero-order chi connectivity index (χ0) is 9.86. The van der Waals surface area contributed by atoms with E-state index in [-0.39, 0.29) is 0 Å². The quantitative estimate of drug-likeness (QED) is 0.390. The van der Waals surface area contributed by atoms with Gasteiger partial charge in [0.05, 0.1) is 12.7 Å². The van der Waals surface area contributed by atoms with Crippen LogP contribution in [-0.2, 0) is 9.47 Å². The van der Waals surface area contributed by atoms with Gasteiger partial charge in [-0.15, -0.1) is 0 Å². The Bertz CT molecular complexity index is 174. The van der Waals surface area contributed by atoms with E-state index >= 15 is 0 Å². The summed E-state index contributed by atoms with van der Waals surface area (Å²) < 4.78 is 11.1. The van der Waals surface area contributed by atoms with Gasteiger partial charge in [0.25, 0.3) is 0 Å². The van der Waals surface area contributed by atoms with E-state index in [1.807, 2.05) is 0 Å². The molecule has 0 bridgehead atoms. The maximum Gasteiger partial charge on any atom is 0.0810 e. The second kappa shape index (κ2) is 4.77. The van der Waals surface area contributed by atoms with Crippen LogP contribution in [0.15, 0.2) is 0 Å². The second-order valence-corrected chi connectivity index (χ2v) is 6.78. The summed E-state index contributed by atoms with van der Waals surface area (Å²) in [7, 11) is 1.21. The highest BCUT2D eigenvalue weighted by Gasteiger charge is 2.27. The lowest BCUT2D eigenvalue weighted by Crippen LogP contribution is -2.36. The van der Waals surface area contributed by atoms with E-state index in [2.05, 4.69) is 0 Å². The Morgan fingerprint density at radius 2 is 2.14 bits per heavy atom. The van der Waals surface area contributed by atoms with Gasteiger partial charge in [0.1, 0.15) is 0 Å². The van der Waals surface area contributed by atoms with Crippen molar-refractivity contribution in [3.05, 3.63) is 0 Å². The number of epoxide rings is 1. The molecule has 0 radical (unpaired) electrons. The maximum absolute atomic E-state index is 5.92. The molecular weight excluding hydrogens is 192 g/mol. The molecule has 2 fully saturated rings. The molecule has 82 valence electrons. The first-order chi connectivity index (χ1) is 6.79. The van der Waals surface area contributed by atoms with Crippen LogP contribution in [0.25, 0.3) is 0 Å². The maximum atomic E-state index is 5.92. The van der Waals surface area contributed by atoms with E-state index in [9.17, 15) is 0 Å². The van der Waals surface area contributed by atoms with E-state index in [0.29, 0.717) is 11.3 Å². The summed E-state index contributed by atoms with van der Waals surface area (Å²) in [5.41, 5.74) is 0. The van der Waals surface area contributed by atoms with Crippen molar-refractivity contribution < 1.29 is 9.47 Å². The van der Waals surface area contributed by atoms with Gasteiger partial charge in [-0.05, 0) is 32.1 Å². The largest absolute Gasteiger partial charge is 0.380 e. The minimum absolute atomic E-state index is 0.336. The lowest BCUT2D eigenvalue weighted by atomic mass is 10.0.